The molecule has 0 radical (unpaired) electrons. The Bertz CT molecular complexity index is 682. The van der Waals surface area contributed by atoms with Crippen LogP contribution in [0.15, 0.2) is 12.4 Å². The molecule has 0 spiro atoms. The molecular formula is C11H6FN3O2. The number of carbonyl (C=O) groups is 2. The molecule has 5 nitrogen and oxygen atoms in total. The number of aromatic nitrogens is 2. The second-order valence-electron chi connectivity index (χ2n) is 3.40. The van der Waals surface area contributed by atoms with Crippen LogP contribution in [-0.4, -0.2) is 21.5 Å². The number of nitrogens with zero attached hydrogens (tertiary/aromatic N) is 2. The highest BCUT2D eigenvalue weighted by atomic mass is 19.1. The largest absolute Gasteiger partial charge is 0.358 e. The van der Waals surface area contributed by atoms with Gasteiger partial charge in [-0.15, -0.1) is 0 Å². The van der Waals surface area contributed by atoms with Gasteiger partial charge in [0.25, 0.3) is 0 Å². The second kappa shape index (κ2) is 3.79. The van der Waals surface area contributed by atoms with E-state index in [1.54, 1.807) is 6.07 Å². The lowest BCUT2D eigenvalue weighted by molar-refractivity contribution is -0.113. The van der Waals surface area contributed by atoms with Crippen molar-refractivity contribution in [2.45, 2.75) is 6.92 Å². The van der Waals surface area contributed by atoms with Gasteiger partial charge in [-0.05, 0) is 0 Å². The van der Waals surface area contributed by atoms with Gasteiger partial charge < -0.3 is 4.98 Å². The molecule has 0 unspecified atom stereocenters. The molecule has 0 aromatic carbocycles. The molecule has 0 aliphatic heterocycles. The molecule has 0 bridgehead atoms. The molecule has 2 rings (SSSR count). The van der Waals surface area contributed by atoms with Gasteiger partial charge in [0.05, 0.1) is 22.7 Å². The quantitative estimate of drug-likeness (QED) is 0.624. The number of H-pyrrole nitrogens is 1. The molecule has 84 valence electrons. The van der Waals surface area contributed by atoms with Gasteiger partial charge in [0.15, 0.2) is 17.3 Å². The molecule has 0 aliphatic rings. The number of fused-ring (bicyclic) bond motifs is 1. The lowest BCUT2D eigenvalue weighted by Crippen LogP contribution is -2.09. The summed E-state index contributed by atoms with van der Waals surface area (Å²) in [7, 11) is 0. The summed E-state index contributed by atoms with van der Waals surface area (Å²) in [5.41, 5.74) is 0.0185. The Morgan fingerprint density at radius 1 is 1.53 bits per heavy atom. The Balaban J connectivity index is 2.82. The van der Waals surface area contributed by atoms with E-state index in [2.05, 4.69) is 9.97 Å². The van der Waals surface area contributed by atoms with Gasteiger partial charge >= 0.3 is 0 Å². The maximum absolute atomic E-state index is 13.6. The number of aromatic amines is 1. The van der Waals surface area contributed by atoms with Crippen molar-refractivity contribution in [3.05, 3.63) is 29.5 Å². The number of halogens is 1. The summed E-state index contributed by atoms with van der Waals surface area (Å²) in [6.45, 7) is 1.10. The first kappa shape index (κ1) is 11.0. The Kier molecular flexibility index (Phi) is 2.44. The minimum absolute atomic E-state index is 0.0241. The fourth-order valence-corrected chi connectivity index (χ4v) is 1.56. The SMILES string of the molecule is CC(=O)C(=O)c1c[nH]c2c(C#N)ncc(F)c12. The van der Waals surface area contributed by atoms with Crippen LogP contribution >= 0.6 is 0 Å². The number of hydrogen-bond acceptors (Lipinski definition) is 4. The molecule has 0 aliphatic carbocycles. The summed E-state index contributed by atoms with van der Waals surface area (Å²) >= 11 is 0. The second-order valence-corrected chi connectivity index (χ2v) is 3.40. The highest BCUT2D eigenvalue weighted by molar-refractivity contribution is 6.45. The van der Waals surface area contributed by atoms with E-state index in [0.29, 0.717) is 0 Å². The molecule has 1 N–H and O–H groups in total. The van der Waals surface area contributed by atoms with Crippen molar-refractivity contribution >= 4 is 22.5 Å². The van der Waals surface area contributed by atoms with Gasteiger partial charge in [0.2, 0.25) is 5.78 Å². The van der Waals surface area contributed by atoms with E-state index >= 15 is 0 Å². The fraction of sp³-hybridized carbons (Fsp3) is 0.0909. The van der Waals surface area contributed by atoms with Gasteiger partial charge in [0, 0.05) is 13.1 Å². The van der Waals surface area contributed by atoms with Gasteiger partial charge in [-0.1, -0.05) is 0 Å². The average Bonchev–Trinajstić information content (AvgIpc) is 2.74. The Labute approximate surface area is 94.9 Å². The average molecular weight is 231 g/mol. The molecular weight excluding hydrogens is 225 g/mol. The summed E-state index contributed by atoms with van der Waals surface area (Å²) in [6, 6.07) is 1.77. The minimum atomic E-state index is -0.801. The van der Waals surface area contributed by atoms with E-state index in [9.17, 15) is 14.0 Å². The number of rotatable bonds is 2. The third kappa shape index (κ3) is 1.58. The van der Waals surface area contributed by atoms with Crippen molar-refractivity contribution < 1.29 is 14.0 Å². The zero-order valence-electron chi connectivity index (χ0n) is 8.74. The normalized spacial score (nSPS) is 10.2. The van der Waals surface area contributed by atoms with Crippen molar-refractivity contribution in [2.24, 2.45) is 0 Å². The van der Waals surface area contributed by atoms with Gasteiger partial charge in [-0.2, -0.15) is 5.26 Å². The molecule has 0 fully saturated rings. The topological polar surface area (TPSA) is 86.6 Å². The number of nitriles is 1. The molecule has 0 saturated carbocycles. The molecule has 2 aromatic rings. The fourth-order valence-electron chi connectivity index (χ4n) is 1.56. The predicted molar refractivity (Wildman–Crippen MR) is 55.8 cm³/mol. The summed E-state index contributed by atoms with van der Waals surface area (Å²) in [5, 5.41) is 8.70. The standard InChI is InChI=1S/C11H6FN3O2/c1-5(16)11(17)6-3-15-10-8(2-13)14-4-7(12)9(6)10/h3-4,15H,1H3. The van der Waals surface area contributed by atoms with Crippen molar-refractivity contribution in [3.63, 3.8) is 0 Å². The van der Waals surface area contributed by atoms with Crippen LogP contribution in [0.3, 0.4) is 0 Å². The van der Waals surface area contributed by atoms with Crippen LogP contribution in [0.4, 0.5) is 4.39 Å². The summed E-state index contributed by atoms with van der Waals surface area (Å²) in [4.78, 5) is 28.7. The zero-order valence-corrected chi connectivity index (χ0v) is 8.74. The molecule has 2 aromatic heterocycles. The number of hydrogen-bond donors (Lipinski definition) is 1. The molecule has 6 heteroatoms. The number of carbonyl (C=O) groups excluding carboxylic acids is 2. The van der Waals surface area contributed by atoms with Crippen LogP contribution in [0, 0.1) is 17.1 Å². The molecule has 0 saturated heterocycles. The number of nitrogens with one attached hydrogen (secondary N) is 1. The molecule has 17 heavy (non-hydrogen) atoms. The van der Waals surface area contributed by atoms with Crippen LogP contribution in [0.5, 0.6) is 0 Å². The highest BCUT2D eigenvalue weighted by Crippen LogP contribution is 2.23. The van der Waals surface area contributed by atoms with Crippen molar-refractivity contribution in [2.75, 3.05) is 0 Å². The smallest absolute Gasteiger partial charge is 0.230 e. The molecule has 2 heterocycles. The van der Waals surface area contributed by atoms with Crippen LogP contribution in [-0.2, 0) is 4.79 Å². The summed E-state index contributed by atoms with van der Waals surface area (Å²) in [5.74, 6) is -2.24. The number of pyridine rings is 1. The van der Waals surface area contributed by atoms with Gasteiger partial charge in [-0.3, -0.25) is 9.59 Å². The van der Waals surface area contributed by atoms with Crippen LogP contribution in [0.1, 0.15) is 23.0 Å². The van der Waals surface area contributed by atoms with Crippen molar-refractivity contribution in [1.29, 1.82) is 5.26 Å². The molecule has 0 amide bonds. The van der Waals surface area contributed by atoms with Gasteiger partial charge in [0.1, 0.15) is 6.07 Å². The van der Waals surface area contributed by atoms with E-state index in [0.717, 1.165) is 13.1 Å². The van der Waals surface area contributed by atoms with Gasteiger partial charge in [-0.25, -0.2) is 9.37 Å². The first-order valence-corrected chi connectivity index (χ1v) is 4.67. The van der Waals surface area contributed by atoms with Crippen molar-refractivity contribution in [3.8, 4) is 6.07 Å². The minimum Gasteiger partial charge on any atom is -0.358 e. The summed E-state index contributed by atoms with van der Waals surface area (Å²) in [6.07, 6.45) is 2.06. The van der Waals surface area contributed by atoms with E-state index in [4.69, 9.17) is 5.26 Å². The third-order valence-electron chi connectivity index (χ3n) is 2.33. The third-order valence-corrected chi connectivity index (χ3v) is 2.33. The van der Waals surface area contributed by atoms with Crippen LogP contribution < -0.4 is 0 Å². The Hall–Kier alpha value is -2.55. The zero-order chi connectivity index (χ0) is 12.6. The van der Waals surface area contributed by atoms with E-state index in [-0.39, 0.29) is 22.2 Å². The predicted octanol–water partition coefficient (Wildman–Crippen LogP) is 1.35. The van der Waals surface area contributed by atoms with Crippen LogP contribution in [0.2, 0.25) is 0 Å². The van der Waals surface area contributed by atoms with E-state index < -0.39 is 17.4 Å². The molecule has 0 atom stereocenters. The first-order chi connectivity index (χ1) is 8.06. The summed E-state index contributed by atoms with van der Waals surface area (Å²) < 4.78 is 13.6. The Morgan fingerprint density at radius 2 is 2.24 bits per heavy atom. The van der Waals surface area contributed by atoms with Crippen LogP contribution in [0.25, 0.3) is 10.9 Å². The van der Waals surface area contributed by atoms with Crippen molar-refractivity contribution in [1.82, 2.24) is 9.97 Å². The first-order valence-electron chi connectivity index (χ1n) is 4.67. The lowest BCUT2D eigenvalue weighted by Gasteiger charge is -1.97. The monoisotopic (exact) mass is 231 g/mol. The lowest BCUT2D eigenvalue weighted by atomic mass is 10.1. The van der Waals surface area contributed by atoms with E-state index in [1.165, 1.54) is 6.20 Å². The maximum Gasteiger partial charge on any atom is 0.230 e. The maximum atomic E-state index is 13.6. The highest BCUT2D eigenvalue weighted by Gasteiger charge is 2.20. The Morgan fingerprint density at radius 3 is 2.82 bits per heavy atom. The number of Topliss-reactive ketones (excluding diaryl/α,β-unsaturated/α-hetero) is 2. The number of ketones is 2. The van der Waals surface area contributed by atoms with E-state index in [1.807, 2.05) is 0 Å².